The fourth-order valence-electron chi connectivity index (χ4n) is 2.07. The molecule has 1 heterocycles. The van der Waals surface area contributed by atoms with E-state index in [1.54, 1.807) is 37.2 Å². The van der Waals surface area contributed by atoms with Crippen molar-refractivity contribution in [1.82, 2.24) is 9.80 Å². The molecule has 24 heavy (non-hydrogen) atoms. The number of benzene rings is 1. The van der Waals surface area contributed by atoms with Crippen molar-refractivity contribution in [2.75, 3.05) is 40.4 Å². The average molecular weight is 336 g/mol. The van der Waals surface area contributed by atoms with E-state index in [0.29, 0.717) is 24.4 Å². The lowest BCUT2D eigenvalue weighted by molar-refractivity contribution is -0.139. The maximum atomic E-state index is 12.3. The lowest BCUT2D eigenvalue weighted by Crippen LogP contribution is -2.55. The second-order valence-corrected chi connectivity index (χ2v) is 5.64. The van der Waals surface area contributed by atoms with Gasteiger partial charge in [0.2, 0.25) is 5.91 Å². The number of carboxylic acid groups (broad SMARTS) is 1. The largest absolute Gasteiger partial charge is 0.482 e. The standard InChI is InChI=1S/C16H20N2O6/c1-17(2)14(19)9-23-13-7-18(8-13)16(22)11-4-3-5-12(6-11)24-10-15(20)21/h3-6,13H,7-10H2,1-2H3,(H,20,21). The number of carbonyl (C=O) groups excluding carboxylic acids is 2. The molecule has 1 N–H and O–H groups in total. The van der Waals surface area contributed by atoms with Gasteiger partial charge in [0, 0.05) is 32.7 Å². The molecule has 8 heteroatoms. The number of likely N-dealkylation sites (N-methyl/N-ethyl adjacent to an activating group) is 1. The zero-order valence-corrected chi connectivity index (χ0v) is 13.6. The number of amides is 2. The zero-order chi connectivity index (χ0) is 17.7. The second kappa shape index (κ2) is 7.78. The number of hydrogen-bond acceptors (Lipinski definition) is 5. The molecular weight excluding hydrogens is 316 g/mol. The molecule has 8 nitrogen and oxygen atoms in total. The van der Waals surface area contributed by atoms with Crippen LogP contribution in [-0.4, -0.2) is 79.2 Å². The molecule has 2 rings (SSSR count). The van der Waals surface area contributed by atoms with Gasteiger partial charge in [0.25, 0.3) is 5.91 Å². The Morgan fingerprint density at radius 3 is 2.58 bits per heavy atom. The van der Waals surface area contributed by atoms with Crippen molar-refractivity contribution in [3.8, 4) is 5.75 Å². The molecular formula is C16H20N2O6. The van der Waals surface area contributed by atoms with E-state index >= 15 is 0 Å². The van der Waals surface area contributed by atoms with E-state index in [1.807, 2.05) is 0 Å². The summed E-state index contributed by atoms with van der Waals surface area (Å²) in [5, 5.41) is 8.60. The number of likely N-dealkylation sites (tertiary alicyclic amines) is 1. The van der Waals surface area contributed by atoms with Crippen LogP contribution in [0.15, 0.2) is 24.3 Å². The fraction of sp³-hybridized carbons (Fsp3) is 0.438. The van der Waals surface area contributed by atoms with E-state index in [2.05, 4.69) is 0 Å². The van der Waals surface area contributed by atoms with Crippen LogP contribution in [0.25, 0.3) is 0 Å². The van der Waals surface area contributed by atoms with Gasteiger partial charge in [0.15, 0.2) is 6.61 Å². The second-order valence-electron chi connectivity index (χ2n) is 5.64. The molecule has 0 aromatic heterocycles. The summed E-state index contributed by atoms with van der Waals surface area (Å²) < 4.78 is 10.5. The summed E-state index contributed by atoms with van der Waals surface area (Å²) in [6.07, 6.45) is -0.149. The van der Waals surface area contributed by atoms with E-state index in [9.17, 15) is 14.4 Å². The van der Waals surface area contributed by atoms with E-state index < -0.39 is 12.6 Å². The lowest BCUT2D eigenvalue weighted by Gasteiger charge is -2.38. The van der Waals surface area contributed by atoms with Gasteiger partial charge in [-0.05, 0) is 18.2 Å². The van der Waals surface area contributed by atoms with Crippen LogP contribution >= 0.6 is 0 Å². The molecule has 0 saturated carbocycles. The van der Waals surface area contributed by atoms with Gasteiger partial charge in [-0.2, -0.15) is 0 Å². The summed E-state index contributed by atoms with van der Waals surface area (Å²) in [5.41, 5.74) is 0.417. The van der Waals surface area contributed by atoms with Crippen LogP contribution in [0.1, 0.15) is 10.4 Å². The van der Waals surface area contributed by atoms with Crippen LogP contribution in [-0.2, 0) is 14.3 Å². The third kappa shape index (κ3) is 4.69. The number of ether oxygens (including phenoxy) is 2. The van der Waals surface area contributed by atoms with Crippen molar-refractivity contribution in [3.63, 3.8) is 0 Å². The average Bonchev–Trinajstić information content (AvgIpc) is 2.51. The Bertz CT molecular complexity index is 625. The van der Waals surface area contributed by atoms with Gasteiger partial charge in [-0.1, -0.05) is 6.07 Å². The van der Waals surface area contributed by atoms with Gasteiger partial charge in [-0.3, -0.25) is 9.59 Å². The van der Waals surface area contributed by atoms with Gasteiger partial charge in [-0.15, -0.1) is 0 Å². The summed E-state index contributed by atoms with van der Waals surface area (Å²) in [6.45, 7) is 0.370. The highest BCUT2D eigenvalue weighted by Gasteiger charge is 2.32. The van der Waals surface area contributed by atoms with E-state index in [4.69, 9.17) is 14.6 Å². The molecule has 1 aromatic carbocycles. The third-order valence-electron chi connectivity index (χ3n) is 3.52. The van der Waals surface area contributed by atoms with E-state index in [-0.39, 0.29) is 24.5 Å². The lowest BCUT2D eigenvalue weighted by atomic mass is 10.1. The highest BCUT2D eigenvalue weighted by molar-refractivity contribution is 5.95. The fourth-order valence-corrected chi connectivity index (χ4v) is 2.07. The Balaban J connectivity index is 1.82. The molecule has 1 fully saturated rings. The molecule has 1 saturated heterocycles. The van der Waals surface area contributed by atoms with Crippen molar-refractivity contribution in [2.24, 2.45) is 0 Å². The van der Waals surface area contributed by atoms with Crippen LogP contribution in [0.3, 0.4) is 0 Å². The van der Waals surface area contributed by atoms with Crippen molar-refractivity contribution in [3.05, 3.63) is 29.8 Å². The topological polar surface area (TPSA) is 96.4 Å². The van der Waals surface area contributed by atoms with Crippen LogP contribution in [0.4, 0.5) is 0 Å². The molecule has 0 unspecified atom stereocenters. The van der Waals surface area contributed by atoms with Crippen LogP contribution < -0.4 is 4.74 Å². The number of nitrogens with zero attached hydrogens (tertiary/aromatic N) is 2. The molecule has 1 aliphatic rings. The first-order valence-electron chi connectivity index (χ1n) is 7.42. The highest BCUT2D eigenvalue weighted by Crippen LogP contribution is 2.19. The van der Waals surface area contributed by atoms with Crippen molar-refractivity contribution in [1.29, 1.82) is 0 Å². The Morgan fingerprint density at radius 1 is 1.25 bits per heavy atom. The SMILES string of the molecule is CN(C)C(=O)COC1CN(C(=O)c2cccc(OCC(=O)O)c2)C1. The normalized spacial score (nSPS) is 14.0. The summed E-state index contributed by atoms with van der Waals surface area (Å²) in [6, 6.07) is 6.37. The zero-order valence-electron chi connectivity index (χ0n) is 13.6. The number of aliphatic carboxylic acids is 1. The quantitative estimate of drug-likeness (QED) is 0.757. The van der Waals surface area contributed by atoms with Crippen molar-refractivity contribution in [2.45, 2.75) is 6.10 Å². The molecule has 0 aliphatic carbocycles. The van der Waals surface area contributed by atoms with Crippen LogP contribution in [0.5, 0.6) is 5.75 Å². The Kier molecular flexibility index (Phi) is 5.75. The summed E-state index contributed by atoms with van der Waals surface area (Å²) in [7, 11) is 3.31. The minimum Gasteiger partial charge on any atom is -0.482 e. The Labute approximate surface area is 139 Å². The summed E-state index contributed by atoms with van der Waals surface area (Å²) in [5.74, 6) is -1.06. The van der Waals surface area contributed by atoms with Crippen molar-refractivity contribution >= 4 is 17.8 Å². The third-order valence-corrected chi connectivity index (χ3v) is 3.52. The van der Waals surface area contributed by atoms with Gasteiger partial charge < -0.3 is 24.4 Å². The van der Waals surface area contributed by atoms with Gasteiger partial charge >= 0.3 is 5.97 Å². The Hall–Kier alpha value is -2.61. The smallest absolute Gasteiger partial charge is 0.341 e. The monoisotopic (exact) mass is 336 g/mol. The number of carbonyl (C=O) groups is 3. The number of rotatable bonds is 7. The van der Waals surface area contributed by atoms with Gasteiger partial charge in [0.1, 0.15) is 12.4 Å². The minimum atomic E-state index is -1.08. The minimum absolute atomic E-state index is 0.00178. The Morgan fingerprint density at radius 2 is 1.96 bits per heavy atom. The predicted molar refractivity (Wildman–Crippen MR) is 83.9 cm³/mol. The predicted octanol–water partition coefficient (Wildman–Crippen LogP) is 0.0792. The maximum Gasteiger partial charge on any atom is 0.341 e. The van der Waals surface area contributed by atoms with Crippen molar-refractivity contribution < 1.29 is 29.0 Å². The molecule has 130 valence electrons. The van der Waals surface area contributed by atoms with E-state index in [1.165, 1.54) is 11.0 Å². The molecule has 1 aliphatic heterocycles. The molecule has 0 spiro atoms. The molecule has 0 atom stereocenters. The van der Waals surface area contributed by atoms with Crippen LogP contribution in [0, 0.1) is 0 Å². The number of hydrogen-bond donors (Lipinski definition) is 1. The molecule has 2 amide bonds. The molecule has 0 radical (unpaired) electrons. The van der Waals surface area contributed by atoms with Gasteiger partial charge in [0.05, 0.1) is 6.10 Å². The summed E-state index contributed by atoms with van der Waals surface area (Å²) in [4.78, 5) is 37.3. The molecule has 1 aromatic rings. The number of carboxylic acids is 1. The van der Waals surface area contributed by atoms with Gasteiger partial charge in [-0.25, -0.2) is 4.79 Å². The highest BCUT2D eigenvalue weighted by atomic mass is 16.5. The first-order chi connectivity index (χ1) is 11.4. The molecule has 0 bridgehead atoms. The summed E-state index contributed by atoms with van der Waals surface area (Å²) >= 11 is 0. The van der Waals surface area contributed by atoms with E-state index in [0.717, 1.165) is 0 Å². The first kappa shape index (κ1) is 17.7. The first-order valence-corrected chi connectivity index (χ1v) is 7.42. The van der Waals surface area contributed by atoms with Crippen LogP contribution in [0.2, 0.25) is 0 Å². The maximum absolute atomic E-state index is 12.3.